The largest absolute Gasteiger partial charge is 0.491 e. The number of methoxy groups -OCH3 is 1. The van der Waals surface area contributed by atoms with Gasteiger partial charge in [-0.05, 0) is 76.7 Å². The number of ether oxygens (including phenoxy) is 3. The van der Waals surface area contributed by atoms with Crippen molar-refractivity contribution in [3.63, 3.8) is 0 Å². The van der Waals surface area contributed by atoms with Crippen molar-refractivity contribution in [3.8, 4) is 17.6 Å². The number of hydrogen-bond donors (Lipinski definition) is 2. The Morgan fingerprint density at radius 1 is 0.821 bits per heavy atom. The first kappa shape index (κ1) is 51.1. The lowest BCUT2D eigenvalue weighted by Crippen LogP contribution is -2.60. The smallest absolute Gasteiger partial charge is 0.329 e. The van der Waals surface area contributed by atoms with E-state index in [0.717, 1.165) is 16.0 Å². The zero-order chi connectivity index (χ0) is 54.1. The third-order valence-electron chi connectivity index (χ3n) is 15.2. The fourth-order valence-corrected chi connectivity index (χ4v) is 11.8. The number of benzene rings is 5. The zero-order valence-electron chi connectivity index (χ0n) is 43.1. The number of carbonyl (C=O) groups is 5. The summed E-state index contributed by atoms with van der Waals surface area (Å²) in [6, 6.07) is 34.4. The van der Waals surface area contributed by atoms with Gasteiger partial charge in [-0.15, -0.1) is 5.10 Å². The van der Waals surface area contributed by atoms with E-state index >= 15 is 19.2 Å². The number of aliphatic hydroxyl groups excluding tert-OH is 1. The van der Waals surface area contributed by atoms with Gasteiger partial charge in [0.25, 0.3) is 0 Å². The van der Waals surface area contributed by atoms with Crippen molar-refractivity contribution in [2.24, 2.45) is 11.8 Å². The van der Waals surface area contributed by atoms with Gasteiger partial charge in [-0.1, -0.05) is 116 Å². The number of carbonyl (C=O) groups excluding carboxylic acids is 5. The van der Waals surface area contributed by atoms with Gasteiger partial charge in [0.1, 0.15) is 48.0 Å². The zero-order valence-corrected chi connectivity index (χ0v) is 43.1. The number of esters is 2. The second-order valence-corrected chi connectivity index (χ2v) is 19.9. The number of aromatic nitrogens is 5. The van der Waals surface area contributed by atoms with E-state index in [0.29, 0.717) is 47.0 Å². The maximum Gasteiger partial charge on any atom is 0.329 e. The molecule has 396 valence electrons. The highest BCUT2D eigenvalue weighted by molar-refractivity contribution is 6.25. The van der Waals surface area contributed by atoms with Crippen molar-refractivity contribution in [1.29, 1.82) is 0 Å². The molecule has 0 bridgehead atoms. The predicted molar refractivity (Wildman–Crippen MR) is 285 cm³/mol. The molecule has 0 aliphatic carbocycles. The number of hydrogen-bond acceptors (Lipinski definition) is 15. The van der Waals surface area contributed by atoms with Crippen molar-refractivity contribution >= 4 is 52.5 Å². The quantitative estimate of drug-likeness (QED) is 0.113. The lowest BCUT2D eigenvalue weighted by atomic mass is 9.64. The molecule has 3 saturated heterocycles. The van der Waals surface area contributed by atoms with Gasteiger partial charge in [0, 0.05) is 44.1 Å². The Kier molecular flexibility index (Phi) is 14.1. The second kappa shape index (κ2) is 21.6. The van der Waals surface area contributed by atoms with Gasteiger partial charge >= 0.3 is 18.0 Å². The molecule has 4 aliphatic rings. The molecule has 3 fully saturated rings. The normalized spacial score (nSPS) is 22.1. The van der Waals surface area contributed by atoms with Crippen LogP contribution in [-0.2, 0) is 40.6 Å². The van der Waals surface area contributed by atoms with E-state index in [1.54, 1.807) is 78.3 Å². The van der Waals surface area contributed by atoms with Gasteiger partial charge in [0.2, 0.25) is 17.8 Å². The molecule has 0 saturated carbocycles. The van der Waals surface area contributed by atoms with E-state index in [9.17, 15) is 9.90 Å². The number of fused-ring (bicyclic) bond motifs is 4. The highest BCUT2D eigenvalue weighted by Gasteiger charge is 2.76. The number of nitrogens with zero attached hydrogens (tertiary/aromatic N) is 9. The minimum absolute atomic E-state index is 0.0545. The molecule has 7 atom stereocenters. The fourth-order valence-electron chi connectivity index (χ4n) is 11.8. The Balaban J connectivity index is 1.17. The molecule has 78 heavy (non-hydrogen) atoms. The molecule has 19 heteroatoms. The third-order valence-corrected chi connectivity index (χ3v) is 15.2. The molecule has 2 aromatic heterocycles. The number of urea groups is 1. The number of piperazine rings is 1. The van der Waals surface area contributed by atoms with Crippen molar-refractivity contribution in [3.05, 3.63) is 174 Å². The molecule has 4 amide bonds. The van der Waals surface area contributed by atoms with E-state index in [2.05, 4.69) is 37.4 Å². The lowest BCUT2D eigenvalue weighted by molar-refractivity contribution is -0.179. The molecular formula is C59H56N10O9. The van der Waals surface area contributed by atoms with Crippen LogP contribution in [0.5, 0.6) is 5.75 Å². The van der Waals surface area contributed by atoms with Crippen molar-refractivity contribution in [1.82, 2.24) is 40.1 Å². The summed E-state index contributed by atoms with van der Waals surface area (Å²) in [5.74, 6) is 2.44. The lowest BCUT2D eigenvalue weighted by Gasteiger charge is -2.46. The molecule has 0 radical (unpaired) electrons. The van der Waals surface area contributed by atoms with Crippen molar-refractivity contribution in [2.75, 3.05) is 56.3 Å². The molecule has 5 aromatic carbocycles. The number of cyclic esters (lactones) is 1. The maximum absolute atomic E-state index is 17.0. The summed E-state index contributed by atoms with van der Waals surface area (Å²) < 4.78 is 19.6. The van der Waals surface area contributed by atoms with Crippen LogP contribution in [0.4, 0.5) is 16.4 Å². The first-order chi connectivity index (χ1) is 38.0. The summed E-state index contributed by atoms with van der Waals surface area (Å²) in [4.78, 5) is 93.5. The molecule has 6 heterocycles. The summed E-state index contributed by atoms with van der Waals surface area (Å²) in [7, 11) is 1.22. The Bertz CT molecular complexity index is 3450. The third kappa shape index (κ3) is 9.01. The number of anilines is 2. The van der Waals surface area contributed by atoms with Crippen LogP contribution in [0.15, 0.2) is 146 Å². The van der Waals surface area contributed by atoms with Gasteiger partial charge in [-0.3, -0.25) is 19.3 Å². The topological polar surface area (TPSA) is 215 Å². The predicted octanol–water partition coefficient (Wildman–Crippen LogP) is 5.57. The van der Waals surface area contributed by atoms with Crippen LogP contribution in [0.2, 0.25) is 0 Å². The average molecular weight is 1050 g/mol. The van der Waals surface area contributed by atoms with Crippen molar-refractivity contribution in [2.45, 2.75) is 56.1 Å². The van der Waals surface area contributed by atoms with Gasteiger partial charge in [-0.25, -0.2) is 29.1 Å². The summed E-state index contributed by atoms with van der Waals surface area (Å²) >= 11 is 0. The fraction of sp³-hybridized carbons (Fsp3) is 0.305. The van der Waals surface area contributed by atoms with E-state index in [4.69, 9.17) is 14.2 Å². The van der Waals surface area contributed by atoms with E-state index in [1.807, 2.05) is 101 Å². The summed E-state index contributed by atoms with van der Waals surface area (Å²) in [6.45, 7) is 4.27. The van der Waals surface area contributed by atoms with Crippen LogP contribution < -0.4 is 19.9 Å². The first-order valence-electron chi connectivity index (χ1n) is 25.9. The van der Waals surface area contributed by atoms with E-state index in [-0.39, 0.29) is 44.1 Å². The van der Waals surface area contributed by atoms with Crippen LogP contribution in [-0.4, -0.2) is 128 Å². The van der Waals surface area contributed by atoms with Gasteiger partial charge < -0.3 is 34.4 Å². The summed E-state index contributed by atoms with van der Waals surface area (Å²) in [6.07, 6.45) is 2.33. The SMILES string of the molecule is COC(=O)C(NC(=O)N1C(=O)C2(c3cc(C#CCn4nnc5ccccc54)ccc31)C(C(=O)N1CCN(c3ncccn3)CC1)C1C(=O)OC(c3ccccc3)C(c3ccccc3)N1C2c1cccc(OCCO)c1)C(C)C. The second-order valence-electron chi connectivity index (χ2n) is 19.9. The Morgan fingerprint density at radius 3 is 2.24 bits per heavy atom. The molecule has 11 rings (SSSR count). The summed E-state index contributed by atoms with van der Waals surface area (Å²) in [5, 5.41) is 21.4. The van der Waals surface area contributed by atoms with Crippen LogP contribution in [0.25, 0.3) is 11.0 Å². The monoisotopic (exact) mass is 1050 g/mol. The maximum atomic E-state index is 17.0. The molecule has 19 nitrogen and oxygen atoms in total. The van der Waals surface area contributed by atoms with Crippen LogP contribution in [0, 0.1) is 23.7 Å². The van der Waals surface area contributed by atoms with Gasteiger partial charge in [0.15, 0.2) is 0 Å². The number of morpholine rings is 1. The average Bonchev–Trinajstić information content (AvgIpc) is 2.95. The number of imide groups is 1. The van der Waals surface area contributed by atoms with E-state index in [1.165, 1.54) is 7.11 Å². The molecule has 4 aliphatic heterocycles. The molecule has 2 N–H and O–H groups in total. The Morgan fingerprint density at radius 2 is 1.53 bits per heavy atom. The van der Waals surface area contributed by atoms with E-state index < -0.39 is 77.3 Å². The highest BCUT2D eigenvalue weighted by atomic mass is 16.6. The molecule has 7 aromatic rings. The van der Waals surface area contributed by atoms with Crippen LogP contribution in [0.3, 0.4) is 0 Å². The molecule has 1 spiro atoms. The number of nitrogens with one attached hydrogen (secondary N) is 1. The minimum atomic E-state index is -2.14. The van der Waals surface area contributed by atoms with Crippen LogP contribution in [0.1, 0.15) is 59.9 Å². The summed E-state index contributed by atoms with van der Waals surface area (Å²) in [5.41, 5.74) is 1.97. The van der Waals surface area contributed by atoms with Gasteiger partial charge in [-0.2, -0.15) is 0 Å². The standard InChI is InChI=1S/C59H56N10O9/c1-37(2)48(54(72)76-3)62-58(75)68-45-25-24-38(15-13-28-67-46-23-11-10-22-44(46)63-64-67)35-43(45)59(56(68)74)47(53(71)65-29-31-66(32-30-65)57-60-26-14-27-61-57)50-55(73)78-51(40-18-8-5-9-19-40)49(39-16-6-4-7-17-39)69(50)52(59)41-20-12-21-42(36-41)77-34-33-70/h4-12,14,16-27,35-37,47-52,70H,28-34H2,1-3H3,(H,62,75). The Hall–Kier alpha value is -8.99. The number of para-hydroxylation sites is 1. The van der Waals surface area contributed by atoms with Crippen molar-refractivity contribution < 1.29 is 43.3 Å². The van der Waals surface area contributed by atoms with Crippen LogP contribution >= 0.6 is 0 Å². The minimum Gasteiger partial charge on any atom is -0.491 e. The Labute approximate surface area is 449 Å². The first-order valence-corrected chi connectivity index (χ1v) is 25.9. The number of rotatable bonds is 12. The highest BCUT2D eigenvalue weighted by Crippen LogP contribution is 2.66. The molecule has 7 unspecified atom stereocenters. The number of amides is 4. The number of aliphatic hydroxyl groups is 1. The molecular weight excluding hydrogens is 993 g/mol. The van der Waals surface area contributed by atoms with Gasteiger partial charge in [0.05, 0.1) is 42.9 Å².